The quantitative estimate of drug-likeness (QED) is 0.477. The summed E-state index contributed by atoms with van der Waals surface area (Å²) >= 11 is 0. The highest BCUT2D eigenvalue weighted by Gasteiger charge is 2.26. The molecule has 0 amide bonds. The zero-order valence-corrected chi connectivity index (χ0v) is 11.8. The summed E-state index contributed by atoms with van der Waals surface area (Å²) in [4.78, 5) is 24.1. The number of nitrogens with zero attached hydrogens (tertiary/aromatic N) is 2. The van der Waals surface area contributed by atoms with E-state index in [0.29, 0.717) is 5.69 Å². The van der Waals surface area contributed by atoms with Crippen LogP contribution in [0.1, 0.15) is 31.1 Å². The third-order valence-corrected chi connectivity index (χ3v) is 2.31. The number of carbonyl (C=O) groups excluding carboxylic acids is 1. The second-order valence-corrected chi connectivity index (χ2v) is 5.35. The molecule has 1 aromatic rings. The largest absolute Gasteiger partial charge is 0.456 e. The highest BCUT2D eigenvalue weighted by Crippen LogP contribution is 2.26. The molecule has 0 aliphatic heterocycles. The number of esters is 1. The van der Waals surface area contributed by atoms with E-state index in [1.165, 1.54) is 12.1 Å². The van der Waals surface area contributed by atoms with Crippen molar-refractivity contribution < 1.29 is 14.5 Å². The van der Waals surface area contributed by atoms with Crippen molar-refractivity contribution in [1.29, 1.82) is 0 Å². The Morgan fingerprint density at radius 2 is 1.89 bits per heavy atom. The fourth-order valence-corrected chi connectivity index (χ4v) is 1.45. The lowest BCUT2D eigenvalue weighted by molar-refractivity contribution is -0.385. The molecule has 0 N–H and O–H groups in total. The van der Waals surface area contributed by atoms with Gasteiger partial charge in [0.25, 0.3) is 5.69 Å². The van der Waals surface area contributed by atoms with E-state index in [-0.39, 0.29) is 11.3 Å². The van der Waals surface area contributed by atoms with Crippen LogP contribution in [0.3, 0.4) is 0 Å². The number of benzene rings is 1. The van der Waals surface area contributed by atoms with Crippen LogP contribution < -0.4 is 4.90 Å². The molecule has 6 nitrogen and oxygen atoms in total. The molecule has 0 radical (unpaired) electrons. The molecule has 0 spiro atoms. The van der Waals surface area contributed by atoms with Crippen LogP contribution in [0.15, 0.2) is 18.2 Å². The molecule has 0 aromatic heterocycles. The number of nitro benzene ring substituents is 1. The number of carbonyl (C=O) groups is 1. The molecule has 104 valence electrons. The smallest absolute Gasteiger partial charge is 0.345 e. The zero-order chi connectivity index (χ0) is 14.8. The fraction of sp³-hybridized carbons (Fsp3) is 0.462. The lowest BCUT2D eigenvalue weighted by Crippen LogP contribution is -2.24. The van der Waals surface area contributed by atoms with Crippen molar-refractivity contribution in [1.82, 2.24) is 0 Å². The number of nitro groups is 1. The van der Waals surface area contributed by atoms with Crippen molar-refractivity contribution >= 4 is 17.3 Å². The van der Waals surface area contributed by atoms with Gasteiger partial charge < -0.3 is 9.64 Å². The fourth-order valence-electron chi connectivity index (χ4n) is 1.45. The maximum absolute atomic E-state index is 11.9. The molecule has 0 aliphatic rings. The van der Waals surface area contributed by atoms with Gasteiger partial charge in [-0.15, -0.1) is 0 Å². The number of hydrogen-bond acceptors (Lipinski definition) is 5. The number of ether oxygens (including phenoxy) is 1. The molecule has 0 bridgehead atoms. The average molecular weight is 266 g/mol. The third-order valence-electron chi connectivity index (χ3n) is 2.31. The first-order valence-electron chi connectivity index (χ1n) is 5.81. The van der Waals surface area contributed by atoms with Gasteiger partial charge in [0.2, 0.25) is 0 Å². The van der Waals surface area contributed by atoms with Gasteiger partial charge in [0, 0.05) is 25.8 Å². The summed E-state index contributed by atoms with van der Waals surface area (Å²) in [6.07, 6.45) is 0. The molecule has 0 unspecified atom stereocenters. The molecule has 0 atom stereocenters. The van der Waals surface area contributed by atoms with Gasteiger partial charge in [-0.3, -0.25) is 10.1 Å². The number of hydrogen-bond donors (Lipinski definition) is 0. The first-order valence-corrected chi connectivity index (χ1v) is 5.81. The van der Waals surface area contributed by atoms with Crippen molar-refractivity contribution in [3.8, 4) is 0 Å². The van der Waals surface area contributed by atoms with E-state index in [0.717, 1.165) is 0 Å². The summed E-state index contributed by atoms with van der Waals surface area (Å²) in [5, 5.41) is 11.0. The molecule has 0 saturated carbocycles. The predicted octanol–water partition coefficient (Wildman–Crippen LogP) is 2.62. The van der Waals surface area contributed by atoms with E-state index in [9.17, 15) is 14.9 Å². The Labute approximate surface area is 112 Å². The molecular weight excluding hydrogens is 248 g/mol. The Morgan fingerprint density at radius 1 is 1.32 bits per heavy atom. The lowest BCUT2D eigenvalue weighted by Gasteiger charge is -2.20. The molecule has 19 heavy (non-hydrogen) atoms. The normalized spacial score (nSPS) is 11.0. The number of anilines is 1. The second-order valence-electron chi connectivity index (χ2n) is 5.35. The summed E-state index contributed by atoms with van der Waals surface area (Å²) < 4.78 is 5.16. The van der Waals surface area contributed by atoms with Crippen molar-refractivity contribution in [2.75, 3.05) is 19.0 Å². The lowest BCUT2D eigenvalue weighted by atomic mass is 10.1. The third kappa shape index (κ3) is 3.94. The Balaban J connectivity index is 3.21. The predicted molar refractivity (Wildman–Crippen MR) is 72.6 cm³/mol. The van der Waals surface area contributed by atoms with Gasteiger partial charge in [-0.2, -0.15) is 0 Å². The van der Waals surface area contributed by atoms with E-state index in [1.807, 2.05) is 0 Å². The highest BCUT2D eigenvalue weighted by atomic mass is 16.6. The Hall–Kier alpha value is -2.11. The van der Waals surface area contributed by atoms with Crippen LogP contribution in [0.25, 0.3) is 0 Å². The van der Waals surface area contributed by atoms with Crippen LogP contribution in [0.5, 0.6) is 0 Å². The molecular formula is C13H18N2O4. The summed E-state index contributed by atoms with van der Waals surface area (Å²) in [6, 6.07) is 4.42. The average Bonchev–Trinajstić information content (AvgIpc) is 2.25. The van der Waals surface area contributed by atoms with E-state index in [1.54, 1.807) is 45.8 Å². The van der Waals surface area contributed by atoms with E-state index in [2.05, 4.69) is 0 Å². The van der Waals surface area contributed by atoms with Crippen molar-refractivity contribution in [3.05, 3.63) is 33.9 Å². The number of rotatable bonds is 3. The van der Waals surface area contributed by atoms with Crippen LogP contribution in [0, 0.1) is 10.1 Å². The molecule has 1 aromatic carbocycles. The highest BCUT2D eigenvalue weighted by molar-refractivity contribution is 5.94. The van der Waals surface area contributed by atoms with E-state index < -0.39 is 16.5 Å². The van der Waals surface area contributed by atoms with Gasteiger partial charge in [-0.25, -0.2) is 4.79 Å². The van der Waals surface area contributed by atoms with Crippen molar-refractivity contribution in [2.24, 2.45) is 0 Å². The SMILES string of the molecule is CN(C)c1ccc(C(=O)OC(C)(C)C)c([N+](=O)[O-])c1. The molecule has 0 fully saturated rings. The van der Waals surface area contributed by atoms with Crippen LogP contribution in [-0.4, -0.2) is 30.6 Å². The molecule has 0 saturated heterocycles. The maximum Gasteiger partial charge on any atom is 0.345 e. The van der Waals surface area contributed by atoms with Gasteiger partial charge in [0.15, 0.2) is 0 Å². The zero-order valence-electron chi connectivity index (χ0n) is 11.8. The van der Waals surface area contributed by atoms with E-state index >= 15 is 0 Å². The Kier molecular flexibility index (Phi) is 4.14. The van der Waals surface area contributed by atoms with Gasteiger partial charge in [0.05, 0.1) is 4.92 Å². The van der Waals surface area contributed by atoms with Gasteiger partial charge in [-0.1, -0.05) is 0 Å². The first kappa shape index (κ1) is 14.9. The minimum atomic E-state index is -0.690. The summed E-state index contributed by atoms with van der Waals surface area (Å²) in [5.74, 6) is -0.690. The molecule has 0 aliphatic carbocycles. The topological polar surface area (TPSA) is 72.7 Å². The standard InChI is InChI=1S/C13H18N2O4/c1-13(2,3)19-12(16)10-7-6-9(14(4)5)8-11(10)15(17)18/h6-8H,1-5H3. The minimum absolute atomic E-state index is 0.0366. The monoisotopic (exact) mass is 266 g/mol. The van der Waals surface area contributed by atoms with Gasteiger partial charge in [-0.05, 0) is 32.9 Å². The summed E-state index contributed by atoms with van der Waals surface area (Å²) in [7, 11) is 3.54. The summed E-state index contributed by atoms with van der Waals surface area (Å²) in [6.45, 7) is 5.14. The van der Waals surface area contributed by atoms with Gasteiger partial charge >= 0.3 is 5.97 Å². The van der Waals surface area contributed by atoms with Crippen molar-refractivity contribution in [2.45, 2.75) is 26.4 Å². The van der Waals surface area contributed by atoms with Crippen LogP contribution in [-0.2, 0) is 4.74 Å². The van der Waals surface area contributed by atoms with Crippen LogP contribution >= 0.6 is 0 Å². The molecule has 0 heterocycles. The Morgan fingerprint density at radius 3 is 2.32 bits per heavy atom. The molecule has 6 heteroatoms. The first-order chi connectivity index (χ1) is 8.61. The Bertz CT molecular complexity index is 504. The minimum Gasteiger partial charge on any atom is -0.456 e. The molecule has 1 rings (SSSR count). The van der Waals surface area contributed by atoms with Crippen LogP contribution in [0.2, 0.25) is 0 Å². The maximum atomic E-state index is 11.9. The van der Waals surface area contributed by atoms with Crippen molar-refractivity contribution in [3.63, 3.8) is 0 Å². The second kappa shape index (κ2) is 5.26. The summed E-state index contributed by atoms with van der Waals surface area (Å²) in [5.41, 5.74) is -0.324. The van der Waals surface area contributed by atoms with E-state index in [4.69, 9.17) is 4.74 Å². The van der Waals surface area contributed by atoms with Gasteiger partial charge in [0.1, 0.15) is 11.2 Å². The van der Waals surface area contributed by atoms with Crippen LogP contribution in [0.4, 0.5) is 11.4 Å².